The van der Waals surface area contributed by atoms with Crippen LogP contribution in [0.3, 0.4) is 0 Å². The van der Waals surface area contributed by atoms with E-state index in [-0.39, 0.29) is 24.1 Å². The first-order valence-corrected chi connectivity index (χ1v) is 8.32. The Kier molecular flexibility index (Phi) is 6.48. The zero-order valence-corrected chi connectivity index (χ0v) is 15.3. The van der Waals surface area contributed by atoms with Crippen molar-refractivity contribution in [1.82, 2.24) is 0 Å². The highest BCUT2D eigenvalue weighted by atomic mass is 16.6. The largest absolute Gasteiger partial charge is 0.493 e. The van der Waals surface area contributed by atoms with Crippen LogP contribution < -0.4 is 15.4 Å². The third-order valence-corrected chi connectivity index (χ3v) is 3.78. The van der Waals surface area contributed by atoms with Gasteiger partial charge < -0.3 is 15.4 Å². The summed E-state index contributed by atoms with van der Waals surface area (Å²) in [6.45, 7) is 4.93. The number of hydrogen-bond acceptors (Lipinski definition) is 5. The Morgan fingerprint density at radius 1 is 1.11 bits per heavy atom. The lowest BCUT2D eigenvalue weighted by atomic mass is 10.1. The number of carbonyl (C=O) groups excluding carboxylic acids is 2. The standard InChI is InChI=1S/C19H21N3O5/c1-12-10-16(6-9-18(12)22(25)26)21-19(24)13(2)11-27-17-7-4-15(5-8-17)20-14(3)23/h4-10,13H,11H2,1-3H3,(H,20,23)(H,21,24). The zero-order valence-electron chi connectivity index (χ0n) is 15.3. The number of amides is 2. The van der Waals surface area contributed by atoms with Crippen LogP contribution in [0.25, 0.3) is 0 Å². The number of aryl methyl sites for hydroxylation is 1. The summed E-state index contributed by atoms with van der Waals surface area (Å²) in [5, 5.41) is 16.2. The monoisotopic (exact) mass is 371 g/mol. The van der Waals surface area contributed by atoms with Gasteiger partial charge >= 0.3 is 0 Å². The first-order chi connectivity index (χ1) is 12.8. The van der Waals surface area contributed by atoms with Crippen molar-refractivity contribution in [2.45, 2.75) is 20.8 Å². The van der Waals surface area contributed by atoms with Gasteiger partial charge in [-0.05, 0) is 43.3 Å². The second-order valence-electron chi connectivity index (χ2n) is 6.17. The summed E-state index contributed by atoms with van der Waals surface area (Å²) in [4.78, 5) is 33.6. The molecule has 2 N–H and O–H groups in total. The molecule has 0 aliphatic heterocycles. The minimum atomic E-state index is -0.464. The van der Waals surface area contributed by atoms with Crippen LogP contribution >= 0.6 is 0 Å². The fourth-order valence-corrected chi connectivity index (χ4v) is 2.34. The highest BCUT2D eigenvalue weighted by Crippen LogP contribution is 2.22. The molecule has 0 aliphatic rings. The maximum Gasteiger partial charge on any atom is 0.272 e. The van der Waals surface area contributed by atoms with Gasteiger partial charge in [-0.1, -0.05) is 6.92 Å². The van der Waals surface area contributed by atoms with E-state index in [1.807, 2.05) is 0 Å². The molecule has 0 saturated heterocycles. The van der Waals surface area contributed by atoms with Crippen LogP contribution in [0.1, 0.15) is 19.4 Å². The van der Waals surface area contributed by atoms with Crippen molar-refractivity contribution < 1.29 is 19.2 Å². The van der Waals surface area contributed by atoms with Crippen molar-refractivity contribution in [3.8, 4) is 5.75 Å². The molecule has 1 unspecified atom stereocenters. The van der Waals surface area contributed by atoms with Gasteiger partial charge in [0.2, 0.25) is 11.8 Å². The van der Waals surface area contributed by atoms with Crippen molar-refractivity contribution in [2.24, 2.45) is 5.92 Å². The third-order valence-electron chi connectivity index (χ3n) is 3.78. The number of hydrogen-bond donors (Lipinski definition) is 2. The Morgan fingerprint density at radius 2 is 1.74 bits per heavy atom. The van der Waals surface area contributed by atoms with E-state index in [9.17, 15) is 19.7 Å². The highest BCUT2D eigenvalue weighted by molar-refractivity contribution is 5.92. The van der Waals surface area contributed by atoms with E-state index in [1.165, 1.54) is 19.1 Å². The second-order valence-corrected chi connectivity index (χ2v) is 6.17. The number of nitrogens with one attached hydrogen (secondary N) is 2. The third kappa shape index (κ3) is 5.81. The van der Waals surface area contributed by atoms with E-state index in [2.05, 4.69) is 10.6 Å². The van der Waals surface area contributed by atoms with Crippen LogP contribution in [-0.4, -0.2) is 23.3 Å². The molecular weight excluding hydrogens is 350 g/mol. The minimum Gasteiger partial charge on any atom is -0.493 e. The summed E-state index contributed by atoms with van der Waals surface area (Å²) < 4.78 is 5.60. The molecule has 0 bridgehead atoms. The van der Waals surface area contributed by atoms with Crippen LogP contribution in [0.15, 0.2) is 42.5 Å². The lowest BCUT2D eigenvalue weighted by molar-refractivity contribution is -0.385. The predicted octanol–water partition coefficient (Wildman–Crippen LogP) is 3.52. The van der Waals surface area contributed by atoms with E-state index in [4.69, 9.17) is 4.74 Å². The Hall–Kier alpha value is -3.42. The molecule has 27 heavy (non-hydrogen) atoms. The van der Waals surface area contributed by atoms with Gasteiger partial charge in [0.25, 0.3) is 5.69 Å². The summed E-state index contributed by atoms with van der Waals surface area (Å²) in [5.41, 5.74) is 1.64. The molecule has 8 heteroatoms. The molecule has 2 rings (SSSR count). The first kappa shape index (κ1) is 19.9. The number of nitro groups is 1. The topological polar surface area (TPSA) is 111 Å². The molecule has 0 aliphatic carbocycles. The van der Waals surface area contributed by atoms with Gasteiger partial charge in [-0.15, -0.1) is 0 Å². The van der Waals surface area contributed by atoms with Crippen LogP contribution in [0.5, 0.6) is 5.75 Å². The van der Waals surface area contributed by atoms with E-state index in [0.717, 1.165) is 0 Å². The quantitative estimate of drug-likeness (QED) is 0.571. The molecule has 8 nitrogen and oxygen atoms in total. The lowest BCUT2D eigenvalue weighted by Crippen LogP contribution is -2.25. The average molecular weight is 371 g/mol. The average Bonchev–Trinajstić information content (AvgIpc) is 2.60. The van der Waals surface area contributed by atoms with Crippen molar-refractivity contribution in [3.05, 3.63) is 58.1 Å². The van der Waals surface area contributed by atoms with Crippen LogP contribution in [0.4, 0.5) is 17.1 Å². The Balaban J connectivity index is 1.89. The molecule has 1 atom stereocenters. The summed E-state index contributed by atoms with van der Waals surface area (Å²) in [6, 6.07) is 11.2. The SMILES string of the molecule is CC(=O)Nc1ccc(OCC(C)C(=O)Nc2ccc([N+](=O)[O-])c(C)c2)cc1. The van der Waals surface area contributed by atoms with Gasteiger partial charge in [-0.3, -0.25) is 19.7 Å². The summed E-state index contributed by atoms with van der Waals surface area (Å²) >= 11 is 0. The zero-order chi connectivity index (χ0) is 20.0. The smallest absolute Gasteiger partial charge is 0.272 e. The molecule has 2 aromatic rings. The molecular formula is C19H21N3O5. The minimum absolute atomic E-state index is 0.00657. The van der Waals surface area contributed by atoms with Gasteiger partial charge in [-0.25, -0.2) is 0 Å². The Bertz CT molecular complexity index is 849. The highest BCUT2D eigenvalue weighted by Gasteiger charge is 2.16. The van der Waals surface area contributed by atoms with Gasteiger partial charge in [0.15, 0.2) is 0 Å². The molecule has 0 heterocycles. The van der Waals surface area contributed by atoms with E-state index >= 15 is 0 Å². The number of carbonyl (C=O) groups is 2. The lowest BCUT2D eigenvalue weighted by Gasteiger charge is -2.14. The van der Waals surface area contributed by atoms with Crippen molar-refractivity contribution in [1.29, 1.82) is 0 Å². The number of benzene rings is 2. The van der Waals surface area contributed by atoms with Crippen LogP contribution in [-0.2, 0) is 9.59 Å². The number of rotatable bonds is 7. The van der Waals surface area contributed by atoms with Gasteiger partial charge in [0, 0.05) is 29.9 Å². The number of anilines is 2. The van der Waals surface area contributed by atoms with Gasteiger partial charge in [0.05, 0.1) is 17.4 Å². The molecule has 2 aromatic carbocycles. The van der Waals surface area contributed by atoms with Crippen LogP contribution in [0.2, 0.25) is 0 Å². The first-order valence-electron chi connectivity index (χ1n) is 8.32. The van der Waals surface area contributed by atoms with Gasteiger partial charge in [0.1, 0.15) is 5.75 Å². The fraction of sp³-hybridized carbons (Fsp3) is 0.263. The molecule has 142 valence electrons. The Morgan fingerprint density at radius 3 is 2.30 bits per heavy atom. The summed E-state index contributed by atoms with van der Waals surface area (Å²) in [7, 11) is 0. The van der Waals surface area contributed by atoms with E-state index in [0.29, 0.717) is 22.7 Å². The molecule has 0 aromatic heterocycles. The molecule has 0 fully saturated rings. The maximum absolute atomic E-state index is 12.3. The normalized spacial score (nSPS) is 11.4. The van der Waals surface area contributed by atoms with E-state index in [1.54, 1.807) is 44.2 Å². The number of ether oxygens (including phenoxy) is 1. The number of nitrogens with zero attached hydrogens (tertiary/aromatic N) is 1. The number of nitro benzene ring substituents is 1. The Labute approximate surface area is 156 Å². The molecule has 0 spiro atoms. The molecule has 0 radical (unpaired) electrons. The second kappa shape index (κ2) is 8.79. The molecule has 2 amide bonds. The summed E-state index contributed by atoms with van der Waals surface area (Å²) in [6.07, 6.45) is 0. The van der Waals surface area contributed by atoms with E-state index < -0.39 is 10.8 Å². The van der Waals surface area contributed by atoms with Crippen molar-refractivity contribution in [3.63, 3.8) is 0 Å². The van der Waals surface area contributed by atoms with Crippen molar-refractivity contribution >= 4 is 28.9 Å². The van der Waals surface area contributed by atoms with Crippen molar-refractivity contribution in [2.75, 3.05) is 17.2 Å². The molecule has 0 saturated carbocycles. The van der Waals surface area contributed by atoms with Crippen LogP contribution in [0, 0.1) is 23.0 Å². The fourth-order valence-electron chi connectivity index (χ4n) is 2.34. The summed E-state index contributed by atoms with van der Waals surface area (Å²) in [5.74, 6) is -0.265. The maximum atomic E-state index is 12.3. The van der Waals surface area contributed by atoms with Gasteiger partial charge in [-0.2, -0.15) is 0 Å². The predicted molar refractivity (Wildman–Crippen MR) is 102 cm³/mol.